The highest BCUT2D eigenvalue weighted by Crippen LogP contribution is 2.21. The third kappa shape index (κ3) is 2.99. The topological polar surface area (TPSA) is 55.1 Å². The normalized spacial score (nSPS) is 10.6. The Morgan fingerprint density at radius 3 is 2.35 bits per heavy atom. The number of benzene rings is 2. The van der Waals surface area contributed by atoms with Gasteiger partial charge in [-0.15, -0.1) is 0 Å². The molecule has 0 aliphatic carbocycles. The quantitative estimate of drug-likeness (QED) is 0.828. The molecular formula is C17H20N2O. The van der Waals surface area contributed by atoms with Gasteiger partial charge in [0.2, 0.25) is 0 Å². The average Bonchev–Trinajstić information content (AvgIpc) is 2.44. The van der Waals surface area contributed by atoms with Crippen LogP contribution in [0.1, 0.15) is 41.3 Å². The lowest BCUT2D eigenvalue weighted by atomic mass is 10.0. The molecule has 3 nitrogen and oxygen atoms in total. The summed E-state index contributed by atoms with van der Waals surface area (Å²) in [6.07, 6.45) is 0. The van der Waals surface area contributed by atoms with Crippen molar-refractivity contribution in [3.8, 4) is 0 Å². The minimum atomic E-state index is -0.117. The summed E-state index contributed by atoms with van der Waals surface area (Å²) in [5.74, 6) is 0.345. The van der Waals surface area contributed by atoms with Crippen LogP contribution in [0.3, 0.4) is 0 Å². The van der Waals surface area contributed by atoms with E-state index in [2.05, 4.69) is 19.2 Å². The molecule has 2 rings (SSSR count). The van der Waals surface area contributed by atoms with Crippen molar-refractivity contribution in [2.45, 2.75) is 26.7 Å². The number of nitrogens with one attached hydrogen (secondary N) is 1. The molecule has 0 bridgehead atoms. The minimum absolute atomic E-state index is 0.117. The van der Waals surface area contributed by atoms with Crippen LogP contribution in [0.5, 0.6) is 0 Å². The third-order valence-corrected chi connectivity index (χ3v) is 3.46. The lowest BCUT2D eigenvalue weighted by molar-refractivity contribution is 0.102. The van der Waals surface area contributed by atoms with Gasteiger partial charge in [0.15, 0.2) is 0 Å². The minimum Gasteiger partial charge on any atom is -0.398 e. The highest BCUT2D eigenvalue weighted by Gasteiger charge is 2.09. The molecule has 0 aromatic heterocycles. The number of nitrogen functional groups attached to an aromatic ring is 1. The zero-order valence-corrected chi connectivity index (χ0v) is 12.1. The lowest BCUT2D eigenvalue weighted by Crippen LogP contribution is -2.13. The molecule has 0 atom stereocenters. The van der Waals surface area contributed by atoms with Crippen molar-refractivity contribution in [2.24, 2.45) is 0 Å². The maximum atomic E-state index is 12.2. The first-order chi connectivity index (χ1) is 9.49. The van der Waals surface area contributed by atoms with Crippen molar-refractivity contribution in [1.82, 2.24) is 0 Å². The van der Waals surface area contributed by atoms with Crippen LogP contribution in [0.4, 0.5) is 11.4 Å². The van der Waals surface area contributed by atoms with Crippen molar-refractivity contribution in [1.29, 1.82) is 0 Å². The van der Waals surface area contributed by atoms with Gasteiger partial charge in [0.1, 0.15) is 0 Å². The SMILES string of the molecule is Cc1c(N)cccc1NC(=O)c1ccc(C(C)C)cc1. The Kier molecular flexibility index (Phi) is 4.08. The van der Waals surface area contributed by atoms with Gasteiger partial charge in [-0.05, 0) is 48.2 Å². The fraction of sp³-hybridized carbons (Fsp3) is 0.235. The van der Waals surface area contributed by atoms with Gasteiger partial charge in [0.25, 0.3) is 5.91 Å². The van der Waals surface area contributed by atoms with Crippen LogP contribution >= 0.6 is 0 Å². The van der Waals surface area contributed by atoms with Crippen molar-refractivity contribution < 1.29 is 4.79 Å². The van der Waals surface area contributed by atoms with Crippen LogP contribution in [0.25, 0.3) is 0 Å². The van der Waals surface area contributed by atoms with Gasteiger partial charge in [-0.1, -0.05) is 32.0 Å². The Bertz CT molecular complexity index is 615. The first-order valence-electron chi connectivity index (χ1n) is 6.75. The molecule has 2 aromatic rings. The maximum Gasteiger partial charge on any atom is 0.255 e. The molecule has 0 fully saturated rings. The van der Waals surface area contributed by atoms with Gasteiger partial charge in [0.05, 0.1) is 0 Å². The summed E-state index contributed by atoms with van der Waals surface area (Å²) in [6, 6.07) is 13.2. The number of nitrogens with two attached hydrogens (primary N) is 1. The van der Waals surface area contributed by atoms with E-state index in [0.717, 1.165) is 11.3 Å². The first kappa shape index (κ1) is 14.1. The molecular weight excluding hydrogens is 248 g/mol. The summed E-state index contributed by atoms with van der Waals surface area (Å²) in [6.45, 7) is 6.16. The molecule has 0 unspecified atom stereocenters. The van der Waals surface area contributed by atoms with E-state index < -0.39 is 0 Å². The number of hydrogen-bond acceptors (Lipinski definition) is 2. The van der Waals surface area contributed by atoms with E-state index in [1.807, 2.05) is 49.4 Å². The Morgan fingerprint density at radius 2 is 1.75 bits per heavy atom. The molecule has 0 saturated carbocycles. The van der Waals surface area contributed by atoms with E-state index in [9.17, 15) is 4.79 Å². The standard InChI is InChI=1S/C17H20N2O/c1-11(2)13-7-9-14(10-8-13)17(20)19-16-6-4-5-15(18)12(16)3/h4-11H,18H2,1-3H3,(H,19,20). The smallest absolute Gasteiger partial charge is 0.255 e. The van der Waals surface area contributed by atoms with Crippen LogP contribution in [0.2, 0.25) is 0 Å². The fourth-order valence-electron chi connectivity index (χ4n) is 2.00. The second-order valence-corrected chi connectivity index (χ2v) is 5.25. The van der Waals surface area contributed by atoms with Gasteiger partial charge < -0.3 is 11.1 Å². The monoisotopic (exact) mass is 268 g/mol. The number of carbonyl (C=O) groups excluding carboxylic acids is 1. The van der Waals surface area contributed by atoms with Crippen molar-refractivity contribution in [2.75, 3.05) is 11.1 Å². The number of hydrogen-bond donors (Lipinski definition) is 2. The zero-order valence-electron chi connectivity index (χ0n) is 12.1. The lowest BCUT2D eigenvalue weighted by Gasteiger charge is -2.11. The Labute approximate surface area is 119 Å². The average molecular weight is 268 g/mol. The van der Waals surface area contributed by atoms with Crippen LogP contribution in [0, 0.1) is 6.92 Å². The van der Waals surface area contributed by atoms with Gasteiger partial charge in [-0.25, -0.2) is 0 Å². The highest BCUT2D eigenvalue weighted by molar-refractivity contribution is 6.04. The van der Waals surface area contributed by atoms with E-state index in [-0.39, 0.29) is 5.91 Å². The molecule has 0 heterocycles. The molecule has 0 radical (unpaired) electrons. The predicted molar refractivity (Wildman–Crippen MR) is 84.1 cm³/mol. The number of rotatable bonds is 3. The van der Waals surface area contributed by atoms with E-state index in [1.54, 1.807) is 0 Å². The summed E-state index contributed by atoms with van der Waals surface area (Å²) >= 11 is 0. The molecule has 2 aromatic carbocycles. The number of amides is 1. The molecule has 0 aliphatic heterocycles. The zero-order chi connectivity index (χ0) is 14.7. The van der Waals surface area contributed by atoms with Gasteiger partial charge in [-0.3, -0.25) is 4.79 Å². The Morgan fingerprint density at radius 1 is 1.10 bits per heavy atom. The molecule has 20 heavy (non-hydrogen) atoms. The van der Waals surface area contributed by atoms with E-state index in [1.165, 1.54) is 5.56 Å². The van der Waals surface area contributed by atoms with Crippen molar-refractivity contribution >= 4 is 17.3 Å². The summed E-state index contributed by atoms with van der Waals surface area (Å²) in [5.41, 5.74) is 10.0. The van der Waals surface area contributed by atoms with Crippen LogP contribution < -0.4 is 11.1 Å². The van der Waals surface area contributed by atoms with Crippen molar-refractivity contribution in [3.63, 3.8) is 0 Å². The van der Waals surface area contributed by atoms with Crippen molar-refractivity contribution in [3.05, 3.63) is 59.2 Å². The summed E-state index contributed by atoms with van der Waals surface area (Å²) in [5, 5.41) is 2.90. The molecule has 0 spiro atoms. The highest BCUT2D eigenvalue weighted by atomic mass is 16.1. The van der Waals surface area contributed by atoms with E-state index in [0.29, 0.717) is 17.2 Å². The second-order valence-electron chi connectivity index (χ2n) is 5.25. The molecule has 0 saturated heterocycles. The summed E-state index contributed by atoms with van der Waals surface area (Å²) in [7, 11) is 0. The molecule has 3 N–H and O–H groups in total. The molecule has 3 heteroatoms. The van der Waals surface area contributed by atoms with Gasteiger partial charge >= 0.3 is 0 Å². The van der Waals surface area contributed by atoms with E-state index in [4.69, 9.17) is 5.73 Å². The third-order valence-electron chi connectivity index (χ3n) is 3.46. The molecule has 104 valence electrons. The maximum absolute atomic E-state index is 12.2. The molecule has 0 aliphatic rings. The summed E-state index contributed by atoms with van der Waals surface area (Å²) < 4.78 is 0. The van der Waals surface area contributed by atoms with Crippen LogP contribution in [0.15, 0.2) is 42.5 Å². The second kappa shape index (κ2) is 5.78. The van der Waals surface area contributed by atoms with Crippen LogP contribution in [-0.2, 0) is 0 Å². The summed E-state index contributed by atoms with van der Waals surface area (Å²) in [4.78, 5) is 12.2. The van der Waals surface area contributed by atoms with Gasteiger partial charge in [0, 0.05) is 16.9 Å². The predicted octanol–water partition coefficient (Wildman–Crippen LogP) is 3.95. The first-order valence-corrected chi connectivity index (χ1v) is 6.75. The largest absolute Gasteiger partial charge is 0.398 e. The number of anilines is 2. The fourth-order valence-corrected chi connectivity index (χ4v) is 2.00. The number of carbonyl (C=O) groups is 1. The van der Waals surface area contributed by atoms with Crippen LogP contribution in [-0.4, -0.2) is 5.91 Å². The Hall–Kier alpha value is -2.29. The molecule has 1 amide bonds. The van der Waals surface area contributed by atoms with Gasteiger partial charge in [-0.2, -0.15) is 0 Å². The van der Waals surface area contributed by atoms with E-state index >= 15 is 0 Å². The Balaban J connectivity index is 2.18.